The fraction of sp³-hybridized carbons (Fsp3) is 0.448. The number of benzene rings is 1. The minimum atomic E-state index is -4.31. The van der Waals surface area contributed by atoms with Gasteiger partial charge in [0.2, 0.25) is 0 Å². The quantitative estimate of drug-likeness (QED) is 0.345. The lowest BCUT2D eigenvalue weighted by molar-refractivity contribution is -0.137. The van der Waals surface area contributed by atoms with Gasteiger partial charge in [0.15, 0.2) is 0 Å². The molecule has 0 atom stereocenters. The monoisotopic (exact) mass is 489 g/mol. The molecule has 34 heavy (non-hydrogen) atoms. The van der Waals surface area contributed by atoms with E-state index in [0.29, 0.717) is 5.39 Å². The van der Waals surface area contributed by atoms with Crippen molar-refractivity contribution < 1.29 is 13.2 Å². The van der Waals surface area contributed by atoms with Gasteiger partial charge in [0.1, 0.15) is 0 Å². The molecule has 3 aromatic rings. The average molecular weight is 490 g/mol. The number of allylic oxidation sites excluding steroid dienone is 2. The van der Waals surface area contributed by atoms with Crippen LogP contribution in [0.5, 0.6) is 0 Å². The van der Waals surface area contributed by atoms with E-state index >= 15 is 0 Å². The summed E-state index contributed by atoms with van der Waals surface area (Å²) in [5.74, 6) is 0.833. The summed E-state index contributed by atoms with van der Waals surface area (Å²) < 4.78 is 40.2. The van der Waals surface area contributed by atoms with E-state index in [4.69, 9.17) is 0 Å². The lowest BCUT2D eigenvalue weighted by Crippen LogP contribution is -2.04. The topological polar surface area (TPSA) is 4.93 Å². The summed E-state index contributed by atoms with van der Waals surface area (Å²) in [7, 11) is 1.83. The number of rotatable bonds is 3. The Morgan fingerprint density at radius 3 is 2.47 bits per heavy atom. The number of nitrogens with zero attached hydrogens (tertiary/aromatic N) is 1. The van der Waals surface area contributed by atoms with Gasteiger partial charge in [0.25, 0.3) is 0 Å². The van der Waals surface area contributed by atoms with Gasteiger partial charge in [-0.05, 0) is 73.9 Å². The third kappa shape index (κ3) is 7.90. The molecule has 4 rings (SSSR count). The van der Waals surface area contributed by atoms with Crippen LogP contribution in [0.2, 0.25) is 0 Å². The Morgan fingerprint density at radius 2 is 1.85 bits per heavy atom. The maximum atomic E-state index is 12.8. The van der Waals surface area contributed by atoms with Crippen LogP contribution in [-0.4, -0.2) is 4.57 Å². The molecule has 1 aliphatic carbocycles. The highest BCUT2D eigenvalue weighted by Crippen LogP contribution is 2.35. The highest BCUT2D eigenvalue weighted by molar-refractivity contribution is 7.12. The number of hydrogen-bond acceptors (Lipinski definition) is 1. The van der Waals surface area contributed by atoms with Crippen LogP contribution in [0.4, 0.5) is 13.2 Å². The van der Waals surface area contributed by atoms with Crippen LogP contribution in [-0.2, 0) is 19.6 Å². The van der Waals surface area contributed by atoms with Crippen molar-refractivity contribution in [2.75, 3.05) is 0 Å². The molecule has 0 bridgehead atoms. The van der Waals surface area contributed by atoms with Crippen molar-refractivity contribution in [2.24, 2.45) is 13.0 Å². The highest BCUT2D eigenvalue weighted by atomic mass is 32.1. The number of aryl methyl sites for hydroxylation is 3. The molecular weight excluding hydrogens is 451 g/mol. The van der Waals surface area contributed by atoms with E-state index in [1.165, 1.54) is 41.8 Å². The molecule has 186 valence electrons. The second kappa shape index (κ2) is 12.4. The number of aromatic nitrogens is 1. The van der Waals surface area contributed by atoms with Crippen molar-refractivity contribution in [3.63, 3.8) is 0 Å². The van der Waals surface area contributed by atoms with Crippen LogP contribution in [0.1, 0.15) is 79.8 Å². The smallest absolute Gasteiger partial charge is 0.350 e. The minimum Gasteiger partial charge on any atom is -0.350 e. The van der Waals surface area contributed by atoms with Gasteiger partial charge in [0, 0.05) is 39.5 Å². The Labute approximate surface area is 207 Å². The van der Waals surface area contributed by atoms with Gasteiger partial charge in [-0.1, -0.05) is 52.8 Å². The summed E-state index contributed by atoms with van der Waals surface area (Å²) in [5, 5.41) is 0.621. The van der Waals surface area contributed by atoms with E-state index in [1.807, 2.05) is 36.1 Å². The molecule has 0 saturated heterocycles. The van der Waals surface area contributed by atoms with Crippen LogP contribution >= 0.6 is 11.3 Å². The van der Waals surface area contributed by atoms with Gasteiger partial charge in [-0.3, -0.25) is 0 Å². The SMILES string of the molecule is C=C(CCC)c1cn(C)c2ccc(C(F)(F)F)cc12.CC(C)C.Cc1cc2c(s1)CCCC=C2. The Kier molecular flexibility index (Phi) is 10.2. The summed E-state index contributed by atoms with van der Waals surface area (Å²) in [4.78, 5) is 3.03. The van der Waals surface area contributed by atoms with Gasteiger partial charge in [-0.15, -0.1) is 11.3 Å². The number of alkyl halides is 3. The first-order valence-corrected chi connectivity index (χ1v) is 12.9. The molecule has 0 amide bonds. The molecule has 5 heteroatoms. The van der Waals surface area contributed by atoms with E-state index in [2.05, 4.69) is 52.5 Å². The van der Waals surface area contributed by atoms with Crippen LogP contribution in [0.3, 0.4) is 0 Å². The molecule has 0 fully saturated rings. The molecule has 0 radical (unpaired) electrons. The Balaban J connectivity index is 0.000000228. The third-order valence-corrected chi connectivity index (χ3v) is 6.41. The summed E-state index contributed by atoms with van der Waals surface area (Å²) in [5.41, 5.74) is 3.33. The molecule has 2 aromatic heterocycles. The predicted molar refractivity (Wildman–Crippen MR) is 143 cm³/mol. The largest absolute Gasteiger partial charge is 0.416 e. The number of hydrogen-bond donors (Lipinski definition) is 0. The van der Waals surface area contributed by atoms with E-state index in [1.54, 1.807) is 4.88 Å². The molecule has 2 heterocycles. The van der Waals surface area contributed by atoms with Crippen molar-refractivity contribution in [1.82, 2.24) is 4.57 Å². The van der Waals surface area contributed by atoms with E-state index in [-0.39, 0.29) is 0 Å². The zero-order valence-electron chi connectivity index (χ0n) is 21.4. The highest BCUT2D eigenvalue weighted by Gasteiger charge is 2.31. The average Bonchev–Trinajstić information content (AvgIpc) is 3.18. The van der Waals surface area contributed by atoms with Crippen molar-refractivity contribution >= 4 is 33.9 Å². The molecule has 0 spiro atoms. The van der Waals surface area contributed by atoms with Crippen molar-refractivity contribution in [2.45, 2.75) is 72.9 Å². The second-order valence-electron chi connectivity index (χ2n) is 9.50. The molecular formula is C29H38F3NS. The summed E-state index contributed by atoms with van der Waals surface area (Å²) in [6.07, 6.45) is 7.66. The fourth-order valence-electron chi connectivity index (χ4n) is 3.80. The van der Waals surface area contributed by atoms with Gasteiger partial charge >= 0.3 is 6.18 Å². The zero-order chi connectivity index (χ0) is 25.5. The Bertz CT molecular complexity index is 1110. The van der Waals surface area contributed by atoms with Gasteiger partial charge in [-0.2, -0.15) is 13.2 Å². The Morgan fingerprint density at radius 1 is 1.18 bits per heavy atom. The molecule has 0 saturated carbocycles. The molecule has 0 N–H and O–H groups in total. The molecule has 1 nitrogen and oxygen atoms in total. The first-order chi connectivity index (χ1) is 15.9. The first-order valence-electron chi connectivity index (χ1n) is 12.0. The van der Waals surface area contributed by atoms with Gasteiger partial charge in [-0.25, -0.2) is 0 Å². The first kappa shape index (κ1) is 28.0. The normalized spacial score (nSPS) is 13.0. The summed E-state index contributed by atoms with van der Waals surface area (Å²) in [6, 6.07) is 6.14. The summed E-state index contributed by atoms with van der Waals surface area (Å²) in [6.45, 7) is 14.7. The summed E-state index contributed by atoms with van der Waals surface area (Å²) >= 11 is 1.95. The van der Waals surface area contributed by atoms with E-state index in [0.717, 1.165) is 41.5 Å². The maximum Gasteiger partial charge on any atom is 0.416 e. The van der Waals surface area contributed by atoms with E-state index < -0.39 is 11.7 Å². The number of halogens is 3. The van der Waals surface area contributed by atoms with Crippen molar-refractivity contribution in [3.05, 3.63) is 69.6 Å². The lowest BCUT2D eigenvalue weighted by Gasteiger charge is -2.08. The molecule has 0 unspecified atom stereocenters. The van der Waals surface area contributed by atoms with Gasteiger partial charge in [0.05, 0.1) is 5.56 Å². The third-order valence-electron chi connectivity index (χ3n) is 5.29. The van der Waals surface area contributed by atoms with E-state index in [9.17, 15) is 13.2 Å². The van der Waals surface area contributed by atoms with Crippen LogP contribution < -0.4 is 0 Å². The molecule has 1 aromatic carbocycles. The number of fused-ring (bicyclic) bond motifs is 2. The minimum absolute atomic E-state index is 0.614. The lowest BCUT2D eigenvalue weighted by atomic mass is 10.0. The zero-order valence-corrected chi connectivity index (χ0v) is 22.2. The van der Waals surface area contributed by atoms with Crippen LogP contribution in [0.25, 0.3) is 22.6 Å². The van der Waals surface area contributed by atoms with Crippen LogP contribution in [0, 0.1) is 12.8 Å². The predicted octanol–water partition coefficient (Wildman–Crippen LogP) is 10.1. The second-order valence-corrected chi connectivity index (χ2v) is 10.8. The van der Waals surface area contributed by atoms with Crippen LogP contribution in [0.15, 0.2) is 43.1 Å². The molecule has 1 aliphatic rings. The molecule has 0 aliphatic heterocycles. The maximum absolute atomic E-state index is 12.8. The fourth-order valence-corrected chi connectivity index (χ4v) is 4.86. The van der Waals surface area contributed by atoms with Crippen molar-refractivity contribution in [3.8, 4) is 0 Å². The Hall–Kier alpha value is -2.27. The number of thiophene rings is 1. The van der Waals surface area contributed by atoms with Gasteiger partial charge < -0.3 is 4.57 Å². The van der Waals surface area contributed by atoms with Crippen molar-refractivity contribution in [1.29, 1.82) is 0 Å². The standard InChI is InChI=1S/C15H16F3N.C10H12S.C4H10/c1-4-5-10(2)13-9-19(3)14-7-6-11(8-12(13)14)15(16,17)18;1-8-7-9-5-3-2-4-6-10(9)11-8;1-4(2)3/h6-9H,2,4-5H2,1,3H3;3,5,7H,2,4,6H2,1H3;4H,1-3H3.